The number of carbonyl (C=O) groups is 1. The molecule has 0 N–H and O–H groups in total. The molecule has 0 aliphatic carbocycles. The van der Waals surface area contributed by atoms with E-state index in [1.165, 1.54) is 34.8 Å². The molecular weight excluding hydrogens is 541 g/mol. The number of halogens is 1. The third kappa shape index (κ3) is 4.84. The highest BCUT2D eigenvalue weighted by molar-refractivity contribution is 7.18. The number of carbonyl (C=O) groups excluding carboxylic acids is 1. The van der Waals surface area contributed by atoms with Gasteiger partial charge < -0.3 is 18.8 Å². The Bertz CT molecular complexity index is 1770. The molecule has 1 amide bonds. The second-order valence-corrected chi connectivity index (χ2v) is 10.5. The van der Waals surface area contributed by atoms with E-state index in [1.807, 2.05) is 24.4 Å². The second-order valence-electron chi connectivity index (χ2n) is 8.68. The van der Waals surface area contributed by atoms with Gasteiger partial charge in [0.25, 0.3) is 11.1 Å². The summed E-state index contributed by atoms with van der Waals surface area (Å²) < 4.78 is 33.0. The molecule has 0 bridgehead atoms. The highest BCUT2D eigenvalue weighted by Gasteiger charge is 2.18. The number of fused-ring (bicyclic) bond motifs is 2. The maximum absolute atomic E-state index is 14.4. The van der Waals surface area contributed by atoms with Gasteiger partial charge in [-0.2, -0.15) is 0 Å². The lowest BCUT2D eigenvalue weighted by atomic mass is 10.1. The Morgan fingerprint density at radius 3 is 2.74 bits per heavy atom. The number of imidazole rings is 1. The van der Waals surface area contributed by atoms with Gasteiger partial charge in [0.05, 0.1) is 24.4 Å². The molecule has 0 saturated heterocycles. The van der Waals surface area contributed by atoms with Crippen LogP contribution in [0.25, 0.3) is 38.0 Å². The van der Waals surface area contributed by atoms with Crippen LogP contribution in [0.15, 0.2) is 58.5 Å². The van der Waals surface area contributed by atoms with Crippen LogP contribution < -0.4 is 9.47 Å². The predicted molar refractivity (Wildman–Crippen MR) is 147 cm³/mol. The molecule has 0 aliphatic rings. The molecule has 0 spiro atoms. The number of furan rings is 1. The Labute approximate surface area is 230 Å². The van der Waals surface area contributed by atoms with Gasteiger partial charge in [0, 0.05) is 42.2 Å². The summed E-state index contributed by atoms with van der Waals surface area (Å²) in [6, 6.07) is 11.8. The smallest absolute Gasteiger partial charge is 0.294 e. The minimum Gasteiger partial charge on any atom is -0.486 e. The lowest BCUT2D eigenvalue weighted by Crippen LogP contribution is -2.26. The summed E-state index contributed by atoms with van der Waals surface area (Å²) in [4.78, 5) is 23.9. The summed E-state index contributed by atoms with van der Waals surface area (Å²) in [6.07, 6.45) is 1.73. The molecule has 4 aromatic heterocycles. The van der Waals surface area contributed by atoms with Crippen LogP contribution in [0.1, 0.15) is 23.0 Å². The van der Waals surface area contributed by atoms with Crippen molar-refractivity contribution in [1.29, 1.82) is 0 Å². The lowest BCUT2D eigenvalue weighted by Gasteiger charge is -2.14. The molecule has 198 valence electrons. The van der Waals surface area contributed by atoms with E-state index in [9.17, 15) is 9.18 Å². The summed E-state index contributed by atoms with van der Waals surface area (Å²) >= 11 is 2.78. The first-order valence-electron chi connectivity index (χ1n) is 12.0. The number of ether oxygens (including phenoxy) is 2. The molecule has 12 heteroatoms. The number of hydrogen-bond acceptors (Lipinski definition) is 9. The Kier molecular flexibility index (Phi) is 6.49. The third-order valence-corrected chi connectivity index (χ3v) is 7.97. The molecule has 6 aromatic rings. The van der Waals surface area contributed by atoms with E-state index in [4.69, 9.17) is 13.9 Å². The SMILES string of the molecule is CCN(C)C(=O)c1ccc(-c2nc(COc3cc(F)cc4oc(-c5cn6nc(OC)sc6n5)cc34)cs2)cc1. The van der Waals surface area contributed by atoms with E-state index >= 15 is 0 Å². The second kappa shape index (κ2) is 10.1. The van der Waals surface area contributed by atoms with Crippen molar-refractivity contribution in [2.45, 2.75) is 13.5 Å². The number of thiazole rings is 1. The first-order valence-corrected chi connectivity index (χ1v) is 13.7. The molecule has 0 aliphatic heterocycles. The van der Waals surface area contributed by atoms with Gasteiger partial charge in [-0.05, 0) is 36.5 Å². The van der Waals surface area contributed by atoms with E-state index in [0.29, 0.717) is 56.1 Å². The maximum Gasteiger partial charge on any atom is 0.294 e. The van der Waals surface area contributed by atoms with E-state index < -0.39 is 5.82 Å². The van der Waals surface area contributed by atoms with Gasteiger partial charge in [0.15, 0.2) is 5.76 Å². The Morgan fingerprint density at radius 2 is 2.00 bits per heavy atom. The fourth-order valence-electron chi connectivity index (χ4n) is 3.98. The molecule has 39 heavy (non-hydrogen) atoms. The van der Waals surface area contributed by atoms with Crippen molar-refractivity contribution >= 4 is 44.5 Å². The standard InChI is InChI=1S/C27H22FN5O4S2/c1-4-32(2)25(34)16-7-5-15(6-8-16)24-29-18(14-38-24)13-36-21-9-17(28)10-22-19(21)11-23(37-22)20-12-33-26(30-20)39-27(31-33)35-3/h5-12,14H,4,13H2,1-3H3. The molecule has 0 radical (unpaired) electrons. The van der Waals surface area contributed by atoms with Crippen molar-refractivity contribution in [3.8, 4) is 33.0 Å². The molecule has 0 atom stereocenters. The molecule has 9 nitrogen and oxygen atoms in total. The molecule has 4 heterocycles. The third-order valence-electron chi connectivity index (χ3n) is 6.14. The average Bonchev–Trinajstić information content (AvgIpc) is 3.73. The van der Waals surface area contributed by atoms with Crippen molar-refractivity contribution in [3.63, 3.8) is 0 Å². The first-order chi connectivity index (χ1) is 18.9. The number of amides is 1. The Balaban J connectivity index is 1.20. The molecule has 0 fully saturated rings. The number of methoxy groups -OCH3 is 1. The normalized spacial score (nSPS) is 11.4. The van der Waals surface area contributed by atoms with Crippen molar-refractivity contribution in [2.75, 3.05) is 20.7 Å². The van der Waals surface area contributed by atoms with Gasteiger partial charge >= 0.3 is 0 Å². The van der Waals surface area contributed by atoms with Crippen LogP contribution in [-0.4, -0.2) is 51.1 Å². The largest absolute Gasteiger partial charge is 0.486 e. The molecular formula is C27H22FN5O4S2. The van der Waals surface area contributed by atoms with Gasteiger partial charge in [-0.25, -0.2) is 18.9 Å². The van der Waals surface area contributed by atoms with Crippen LogP contribution in [0, 0.1) is 5.82 Å². The van der Waals surface area contributed by atoms with Crippen LogP contribution in [0.5, 0.6) is 10.9 Å². The minimum absolute atomic E-state index is 0.0225. The van der Waals surface area contributed by atoms with Gasteiger partial charge in [-0.1, -0.05) is 12.1 Å². The minimum atomic E-state index is -0.474. The number of benzene rings is 2. The predicted octanol–water partition coefficient (Wildman–Crippen LogP) is 6.15. The van der Waals surface area contributed by atoms with E-state index in [2.05, 4.69) is 15.1 Å². The zero-order valence-corrected chi connectivity index (χ0v) is 22.8. The Morgan fingerprint density at radius 1 is 1.18 bits per heavy atom. The van der Waals surface area contributed by atoms with Gasteiger partial charge in [-0.15, -0.1) is 16.4 Å². The monoisotopic (exact) mass is 563 g/mol. The van der Waals surface area contributed by atoms with E-state index in [-0.39, 0.29) is 12.5 Å². The molecule has 6 rings (SSSR count). The first kappa shape index (κ1) is 25.0. The number of hydrogen-bond donors (Lipinski definition) is 0. The Hall–Kier alpha value is -4.29. The number of aromatic nitrogens is 4. The van der Waals surface area contributed by atoms with Crippen LogP contribution in [-0.2, 0) is 6.61 Å². The number of rotatable bonds is 8. The van der Waals surface area contributed by atoms with Crippen molar-refractivity contribution in [1.82, 2.24) is 24.5 Å². The number of nitrogens with zero attached hydrogens (tertiary/aromatic N) is 5. The van der Waals surface area contributed by atoms with E-state index in [0.717, 1.165) is 10.6 Å². The summed E-state index contributed by atoms with van der Waals surface area (Å²) in [5.41, 5.74) is 3.16. The highest BCUT2D eigenvalue weighted by Crippen LogP contribution is 2.35. The summed E-state index contributed by atoms with van der Waals surface area (Å²) in [6.45, 7) is 2.73. The summed E-state index contributed by atoms with van der Waals surface area (Å²) in [7, 11) is 3.32. The average molecular weight is 564 g/mol. The van der Waals surface area contributed by atoms with Crippen LogP contribution >= 0.6 is 22.7 Å². The summed E-state index contributed by atoms with van der Waals surface area (Å²) in [5.74, 6) is 0.321. The van der Waals surface area contributed by atoms with Gasteiger partial charge in [-0.3, -0.25) is 4.79 Å². The molecule has 0 unspecified atom stereocenters. The quantitative estimate of drug-likeness (QED) is 0.219. The van der Waals surface area contributed by atoms with Gasteiger partial charge in [0.2, 0.25) is 4.96 Å². The van der Waals surface area contributed by atoms with Crippen molar-refractivity contribution < 1.29 is 23.1 Å². The molecule has 2 aromatic carbocycles. The molecule has 0 saturated carbocycles. The lowest BCUT2D eigenvalue weighted by molar-refractivity contribution is 0.0802. The fourth-order valence-corrected chi connectivity index (χ4v) is 5.49. The van der Waals surface area contributed by atoms with Gasteiger partial charge in [0.1, 0.15) is 34.5 Å². The van der Waals surface area contributed by atoms with Crippen LogP contribution in [0.3, 0.4) is 0 Å². The van der Waals surface area contributed by atoms with Crippen LogP contribution in [0.2, 0.25) is 0 Å². The van der Waals surface area contributed by atoms with Crippen molar-refractivity contribution in [3.05, 3.63) is 71.1 Å². The zero-order chi connectivity index (χ0) is 27.1. The zero-order valence-electron chi connectivity index (χ0n) is 21.2. The highest BCUT2D eigenvalue weighted by atomic mass is 32.1. The maximum atomic E-state index is 14.4. The van der Waals surface area contributed by atoms with Crippen LogP contribution in [0.4, 0.5) is 4.39 Å². The van der Waals surface area contributed by atoms with Crippen molar-refractivity contribution in [2.24, 2.45) is 0 Å². The fraction of sp³-hybridized carbons (Fsp3) is 0.185. The van der Waals surface area contributed by atoms with E-state index in [1.54, 1.807) is 48.0 Å². The summed E-state index contributed by atoms with van der Waals surface area (Å²) in [5, 5.41) is 8.10. The topological polar surface area (TPSA) is 95.0 Å².